The van der Waals surface area contributed by atoms with Crippen molar-refractivity contribution in [3.05, 3.63) is 30.3 Å². The predicted molar refractivity (Wildman–Crippen MR) is 43.8 cm³/mol. The fraction of sp³-hybridized carbons (Fsp3) is 0.250. The SMILES string of the molecule is COC(F)(F)[Se]c1ccccc1. The molecule has 1 nitrogen and oxygen atoms in total. The second-order valence-corrected chi connectivity index (χ2v) is 4.50. The third-order valence-corrected chi connectivity index (χ3v) is 3.13. The van der Waals surface area contributed by atoms with Crippen LogP contribution in [0.5, 0.6) is 0 Å². The Morgan fingerprint density at radius 2 is 1.83 bits per heavy atom. The van der Waals surface area contributed by atoms with Crippen LogP contribution < -0.4 is 4.46 Å². The molecule has 0 aliphatic carbocycles. The van der Waals surface area contributed by atoms with Crippen LogP contribution in [0, 0.1) is 0 Å². The summed E-state index contributed by atoms with van der Waals surface area (Å²) in [5, 5.41) is -2.99. The molecule has 0 unspecified atom stereocenters. The van der Waals surface area contributed by atoms with E-state index in [4.69, 9.17) is 0 Å². The zero-order valence-corrected chi connectivity index (χ0v) is 8.17. The van der Waals surface area contributed by atoms with Crippen molar-refractivity contribution in [3.63, 3.8) is 0 Å². The van der Waals surface area contributed by atoms with Gasteiger partial charge in [-0.1, -0.05) is 0 Å². The Kier molecular flexibility index (Phi) is 3.20. The van der Waals surface area contributed by atoms with E-state index in [2.05, 4.69) is 4.74 Å². The van der Waals surface area contributed by atoms with Crippen LogP contribution >= 0.6 is 0 Å². The fourth-order valence-corrected chi connectivity index (χ4v) is 2.03. The van der Waals surface area contributed by atoms with E-state index in [1.165, 1.54) is 0 Å². The topological polar surface area (TPSA) is 9.23 Å². The van der Waals surface area contributed by atoms with Crippen LogP contribution in [0.4, 0.5) is 8.78 Å². The molecule has 0 aliphatic rings. The van der Waals surface area contributed by atoms with Crippen LogP contribution in [0.1, 0.15) is 0 Å². The van der Waals surface area contributed by atoms with E-state index >= 15 is 0 Å². The third-order valence-electron chi connectivity index (χ3n) is 1.22. The number of alkyl halides is 2. The van der Waals surface area contributed by atoms with Gasteiger partial charge >= 0.3 is 75.4 Å². The zero-order chi connectivity index (χ0) is 9.03. The Morgan fingerprint density at radius 3 is 2.33 bits per heavy atom. The number of benzene rings is 1. The Hall–Kier alpha value is -0.441. The minimum atomic E-state index is -2.99. The van der Waals surface area contributed by atoms with Crippen molar-refractivity contribution in [2.45, 2.75) is 5.01 Å². The summed E-state index contributed by atoms with van der Waals surface area (Å²) >= 11 is -0.941. The molecule has 0 spiro atoms. The average molecular weight is 237 g/mol. The van der Waals surface area contributed by atoms with E-state index in [0.29, 0.717) is 4.46 Å². The van der Waals surface area contributed by atoms with Gasteiger partial charge in [-0.15, -0.1) is 0 Å². The first-order valence-corrected chi connectivity index (χ1v) is 5.02. The molecule has 0 amide bonds. The molecule has 0 fully saturated rings. The molecule has 0 N–H and O–H groups in total. The van der Waals surface area contributed by atoms with E-state index in [0.717, 1.165) is 7.11 Å². The number of rotatable bonds is 3. The molecule has 1 rings (SSSR count). The molecule has 0 aliphatic heterocycles. The maximum absolute atomic E-state index is 12.6. The van der Waals surface area contributed by atoms with E-state index in [9.17, 15) is 8.78 Å². The van der Waals surface area contributed by atoms with Crippen molar-refractivity contribution >= 4 is 19.4 Å². The van der Waals surface area contributed by atoms with Crippen LogP contribution in [-0.4, -0.2) is 27.1 Å². The van der Waals surface area contributed by atoms with E-state index in [1.54, 1.807) is 30.3 Å². The Morgan fingerprint density at radius 1 is 1.25 bits per heavy atom. The summed E-state index contributed by atoms with van der Waals surface area (Å²) in [7, 11) is 1.02. The maximum atomic E-state index is 12.6. The quantitative estimate of drug-likeness (QED) is 0.718. The van der Waals surface area contributed by atoms with Crippen molar-refractivity contribution in [2.75, 3.05) is 7.11 Å². The van der Waals surface area contributed by atoms with Gasteiger partial charge in [0.2, 0.25) is 0 Å². The minimum absolute atomic E-state index is 0.636. The molecule has 1 aromatic rings. The summed E-state index contributed by atoms with van der Waals surface area (Å²) in [5.41, 5.74) is 0. The fourth-order valence-electron chi connectivity index (χ4n) is 0.667. The molecule has 0 atom stereocenters. The van der Waals surface area contributed by atoms with Gasteiger partial charge in [0.05, 0.1) is 0 Å². The van der Waals surface area contributed by atoms with Crippen molar-refractivity contribution in [2.24, 2.45) is 0 Å². The van der Waals surface area contributed by atoms with Gasteiger partial charge in [-0.25, -0.2) is 0 Å². The zero-order valence-electron chi connectivity index (χ0n) is 6.46. The molecule has 1 aromatic carbocycles. The number of ether oxygens (including phenoxy) is 1. The summed E-state index contributed by atoms with van der Waals surface area (Å²) in [5.74, 6) is 0. The monoisotopic (exact) mass is 238 g/mol. The van der Waals surface area contributed by atoms with Gasteiger partial charge in [0.1, 0.15) is 0 Å². The summed E-state index contributed by atoms with van der Waals surface area (Å²) in [4.78, 5) is 0. The van der Waals surface area contributed by atoms with Crippen molar-refractivity contribution < 1.29 is 13.5 Å². The molecular formula is C8H8F2OSe. The van der Waals surface area contributed by atoms with Crippen LogP contribution in [0.2, 0.25) is 0 Å². The Balaban J connectivity index is 2.64. The molecular weight excluding hydrogens is 229 g/mol. The van der Waals surface area contributed by atoms with Gasteiger partial charge in [0.15, 0.2) is 0 Å². The molecule has 0 radical (unpaired) electrons. The van der Waals surface area contributed by atoms with Crippen molar-refractivity contribution in [3.8, 4) is 0 Å². The first-order valence-electron chi connectivity index (χ1n) is 3.31. The van der Waals surface area contributed by atoms with Crippen LogP contribution in [0.3, 0.4) is 0 Å². The molecule has 4 heteroatoms. The van der Waals surface area contributed by atoms with Gasteiger partial charge in [0.25, 0.3) is 0 Å². The van der Waals surface area contributed by atoms with Crippen LogP contribution in [0.15, 0.2) is 30.3 Å². The summed E-state index contributed by atoms with van der Waals surface area (Å²) in [6.07, 6.45) is 0. The van der Waals surface area contributed by atoms with Gasteiger partial charge in [-0.2, -0.15) is 0 Å². The molecule has 0 bridgehead atoms. The van der Waals surface area contributed by atoms with E-state index < -0.39 is 20.0 Å². The summed E-state index contributed by atoms with van der Waals surface area (Å²) < 4.78 is 30.0. The van der Waals surface area contributed by atoms with Gasteiger partial charge < -0.3 is 0 Å². The molecule has 12 heavy (non-hydrogen) atoms. The number of halogens is 2. The number of methoxy groups -OCH3 is 1. The number of hydrogen-bond acceptors (Lipinski definition) is 1. The standard InChI is InChI=1S/C8H8F2OSe/c1-11-8(9,10)12-7-5-3-2-4-6-7/h2-6H,1H3. The van der Waals surface area contributed by atoms with Crippen LogP contribution in [0.25, 0.3) is 0 Å². The molecule has 0 heterocycles. The van der Waals surface area contributed by atoms with Crippen molar-refractivity contribution in [1.82, 2.24) is 0 Å². The van der Waals surface area contributed by atoms with Gasteiger partial charge in [-0.3, -0.25) is 0 Å². The first-order chi connectivity index (χ1) is 5.64. The molecule has 66 valence electrons. The van der Waals surface area contributed by atoms with Crippen LogP contribution in [-0.2, 0) is 4.74 Å². The molecule has 0 saturated heterocycles. The molecule has 0 aromatic heterocycles. The Bertz CT molecular complexity index is 238. The predicted octanol–water partition coefficient (Wildman–Crippen LogP) is 1.21. The van der Waals surface area contributed by atoms with E-state index in [1.807, 2.05) is 0 Å². The molecule has 0 saturated carbocycles. The van der Waals surface area contributed by atoms with Crippen molar-refractivity contribution in [1.29, 1.82) is 0 Å². The second kappa shape index (κ2) is 3.99. The first kappa shape index (κ1) is 9.65. The third kappa shape index (κ3) is 2.89. The van der Waals surface area contributed by atoms with E-state index in [-0.39, 0.29) is 0 Å². The van der Waals surface area contributed by atoms with Gasteiger partial charge in [0, 0.05) is 0 Å². The summed E-state index contributed by atoms with van der Waals surface area (Å²) in [6, 6.07) is 8.62. The van der Waals surface area contributed by atoms with Gasteiger partial charge in [-0.05, 0) is 0 Å². The number of hydrogen-bond donors (Lipinski definition) is 0. The normalized spacial score (nSPS) is 11.6. The Labute approximate surface area is 75.9 Å². The second-order valence-electron chi connectivity index (χ2n) is 2.08. The average Bonchev–Trinajstić information content (AvgIpc) is 2.06. The summed E-state index contributed by atoms with van der Waals surface area (Å²) in [6.45, 7) is 0.